The van der Waals surface area contributed by atoms with Crippen molar-refractivity contribution in [3.05, 3.63) is 0 Å². The minimum atomic E-state index is -0.111. The number of nitrogens with zero attached hydrogens (tertiary/aromatic N) is 1. The van der Waals surface area contributed by atoms with E-state index in [1.807, 2.05) is 0 Å². The number of hydrogen-bond acceptors (Lipinski definition) is 2. The Hall–Kier alpha value is -0.0800. The average molecular weight is 267 g/mol. The molecule has 2 heteroatoms. The van der Waals surface area contributed by atoms with E-state index in [1.54, 1.807) is 0 Å². The Morgan fingerprint density at radius 2 is 1.63 bits per heavy atom. The predicted molar refractivity (Wildman–Crippen MR) is 81.2 cm³/mol. The molecular formula is C17H33NO. The molecule has 1 N–H and O–H groups in total. The molecule has 0 spiro atoms. The molecule has 2 nitrogen and oxygen atoms in total. The molecule has 0 radical (unpaired) electrons. The first-order valence-electron chi connectivity index (χ1n) is 8.45. The van der Waals surface area contributed by atoms with Crippen LogP contribution in [0.4, 0.5) is 0 Å². The van der Waals surface area contributed by atoms with Crippen molar-refractivity contribution >= 4 is 0 Å². The Labute approximate surface area is 119 Å². The van der Waals surface area contributed by atoms with Gasteiger partial charge in [0.1, 0.15) is 0 Å². The van der Waals surface area contributed by atoms with E-state index in [0.29, 0.717) is 5.92 Å². The normalized spacial score (nSPS) is 33.3. The van der Waals surface area contributed by atoms with E-state index in [-0.39, 0.29) is 11.6 Å². The van der Waals surface area contributed by atoms with Gasteiger partial charge in [0.15, 0.2) is 0 Å². The molecule has 112 valence electrons. The molecule has 0 saturated heterocycles. The van der Waals surface area contributed by atoms with Crippen molar-refractivity contribution in [2.24, 2.45) is 11.8 Å². The molecule has 2 fully saturated rings. The van der Waals surface area contributed by atoms with Crippen LogP contribution < -0.4 is 0 Å². The summed E-state index contributed by atoms with van der Waals surface area (Å²) in [7, 11) is 4.35. The van der Waals surface area contributed by atoms with Gasteiger partial charge in [0.25, 0.3) is 0 Å². The number of rotatable bonds is 4. The van der Waals surface area contributed by atoms with Crippen molar-refractivity contribution in [2.45, 2.75) is 82.8 Å². The van der Waals surface area contributed by atoms with E-state index in [9.17, 15) is 5.11 Å². The molecule has 2 aliphatic rings. The fourth-order valence-corrected chi connectivity index (χ4v) is 4.52. The highest BCUT2D eigenvalue weighted by atomic mass is 16.3. The summed E-state index contributed by atoms with van der Waals surface area (Å²) in [5.41, 5.74) is 0.0714. The highest BCUT2D eigenvalue weighted by Gasteiger charge is 2.44. The minimum Gasteiger partial charge on any atom is -0.391 e. The lowest BCUT2D eigenvalue weighted by Gasteiger charge is -2.49. The molecular weight excluding hydrogens is 234 g/mol. The van der Waals surface area contributed by atoms with Crippen LogP contribution in [0.1, 0.15) is 71.1 Å². The number of hydrogen-bond donors (Lipinski definition) is 1. The quantitative estimate of drug-likeness (QED) is 0.837. The summed E-state index contributed by atoms with van der Waals surface area (Å²) >= 11 is 0. The lowest BCUT2D eigenvalue weighted by molar-refractivity contribution is -0.0723. The van der Waals surface area contributed by atoms with Gasteiger partial charge in [0.2, 0.25) is 0 Å². The molecule has 1 unspecified atom stereocenters. The van der Waals surface area contributed by atoms with Crippen LogP contribution in [0.3, 0.4) is 0 Å². The molecule has 1 atom stereocenters. The van der Waals surface area contributed by atoms with Gasteiger partial charge in [-0.15, -0.1) is 0 Å². The Balaban J connectivity index is 2.01. The molecule has 0 aromatic rings. The van der Waals surface area contributed by atoms with Crippen LogP contribution in [0, 0.1) is 11.8 Å². The largest absolute Gasteiger partial charge is 0.391 e. The van der Waals surface area contributed by atoms with Crippen molar-refractivity contribution in [3.63, 3.8) is 0 Å². The highest BCUT2D eigenvalue weighted by Crippen LogP contribution is 2.42. The first kappa shape index (κ1) is 15.3. The number of likely N-dealkylation sites (N-methyl/N-ethyl adjacent to an activating group) is 1. The lowest BCUT2D eigenvalue weighted by atomic mass is 9.68. The van der Waals surface area contributed by atoms with Gasteiger partial charge in [-0.25, -0.2) is 0 Å². The van der Waals surface area contributed by atoms with Gasteiger partial charge in [-0.3, -0.25) is 0 Å². The smallest absolute Gasteiger partial charge is 0.0751 e. The van der Waals surface area contributed by atoms with E-state index in [0.717, 1.165) is 5.92 Å². The summed E-state index contributed by atoms with van der Waals surface area (Å²) in [6.45, 7) is 2.31. The van der Waals surface area contributed by atoms with Gasteiger partial charge in [-0.1, -0.05) is 45.4 Å². The summed E-state index contributed by atoms with van der Waals surface area (Å²) in [6.07, 6.45) is 12.7. The van der Waals surface area contributed by atoms with E-state index in [4.69, 9.17) is 0 Å². The second kappa shape index (κ2) is 6.58. The Bertz CT molecular complexity index is 262. The zero-order valence-electron chi connectivity index (χ0n) is 13.2. The average Bonchev–Trinajstić information content (AvgIpc) is 2.47. The van der Waals surface area contributed by atoms with E-state index in [2.05, 4.69) is 25.9 Å². The molecule has 0 aromatic carbocycles. The maximum absolute atomic E-state index is 11.0. The summed E-state index contributed by atoms with van der Waals surface area (Å²) in [6, 6.07) is 0. The monoisotopic (exact) mass is 267 g/mol. The van der Waals surface area contributed by atoms with Crippen molar-refractivity contribution < 1.29 is 5.11 Å². The molecule has 0 aromatic heterocycles. The van der Waals surface area contributed by atoms with E-state index in [1.165, 1.54) is 64.2 Å². The zero-order chi connectivity index (χ0) is 13.9. The molecule has 2 rings (SSSR count). The van der Waals surface area contributed by atoms with Gasteiger partial charge in [-0.05, 0) is 51.6 Å². The Morgan fingerprint density at radius 1 is 1.05 bits per heavy atom. The SMILES string of the molecule is CCC1CCC(C(O)C2(N(C)C)CCCCC2)CC1. The van der Waals surface area contributed by atoms with Crippen molar-refractivity contribution in [1.29, 1.82) is 0 Å². The second-order valence-electron chi connectivity index (χ2n) is 7.19. The van der Waals surface area contributed by atoms with Gasteiger partial charge in [0, 0.05) is 5.54 Å². The number of aliphatic hydroxyl groups excluding tert-OH is 1. The van der Waals surface area contributed by atoms with Crippen LogP contribution in [0.2, 0.25) is 0 Å². The Morgan fingerprint density at radius 3 is 2.11 bits per heavy atom. The lowest BCUT2D eigenvalue weighted by Crippen LogP contribution is -2.57. The van der Waals surface area contributed by atoms with E-state index < -0.39 is 0 Å². The molecule has 0 aliphatic heterocycles. The predicted octanol–water partition coefficient (Wildman–Crippen LogP) is 3.83. The minimum absolute atomic E-state index is 0.0714. The van der Waals surface area contributed by atoms with Gasteiger partial charge >= 0.3 is 0 Å². The molecule has 2 saturated carbocycles. The molecule has 2 aliphatic carbocycles. The van der Waals surface area contributed by atoms with Crippen molar-refractivity contribution in [1.82, 2.24) is 4.90 Å². The molecule has 0 heterocycles. The van der Waals surface area contributed by atoms with E-state index >= 15 is 0 Å². The second-order valence-corrected chi connectivity index (χ2v) is 7.19. The van der Waals surface area contributed by atoms with Crippen LogP contribution >= 0.6 is 0 Å². The fourth-order valence-electron chi connectivity index (χ4n) is 4.52. The summed E-state index contributed by atoms with van der Waals surface area (Å²) in [4.78, 5) is 2.34. The summed E-state index contributed by atoms with van der Waals surface area (Å²) < 4.78 is 0. The standard InChI is InChI=1S/C17H33NO/c1-4-14-8-10-15(11-9-14)16(19)17(18(2)3)12-6-5-7-13-17/h14-16,19H,4-13H2,1-3H3. The molecule has 0 amide bonds. The van der Waals surface area contributed by atoms with Gasteiger partial charge in [0.05, 0.1) is 6.10 Å². The van der Waals surface area contributed by atoms with Crippen LogP contribution in [0.25, 0.3) is 0 Å². The molecule has 0 bridgehead atoms. The first-order chi connectivity index (χ1) is 9.10. The van der Waals surface area contributed by atoms with Crippen LogP contribution in [0.15, 0.2) is 0 Å². The van der Waals surface area contributed by atoms with Gasteiger partial charge < -0.3 is 10.0 Å². The summed E-state index contributed by atoms with van der Waals surface area (Å²) in [5.74, 6) is 1.47. The third kappa shape index (κ3) is 3.16. The maximum Gasteiger partial charge on any atom is 0.0751 e. The van der Waals surface area contributed by atoms with Crippen LogP contribution in [-0.2, 0) is 0 Å². The topological polar surface area (TPSA) is 23.5 Å². The zero-order valence-corrected chi connectivity index (χ0v) is 13.2. The maximum atomic E-state index is 11.0. The number of aliphatic hydroxyl groups is 1. The third-order valence-electron chi connectivity index (χ3n) is 6.08. The Kier molecular flexibility index (Phi) is 5.30. The third-order valence-corrected chi connectivity index (χ3v) is 6.08. The fraction of sp³-hybridized carbons (Fsp3) is 1.00. The van der Waals surface area contributed by atoms with Crippen molar-refractivity contribution in [3.8, 4) is 0 Å². The first-order valence-corrected chi connectivity index (χ1v) is 8.45. The van der Waals surface area contributed by atoms with Crippen molar-refractivity contribution in [2.75, 3.05) is 14.1 Å². The molecule has 19 heavy (non-hydrogen) atoms. The summed E-state index contributed by atoms with van der Waals surface area (Å²) in [5, 5.41) is 11.0. The van der Waals surface area contributed by atoms with Crippen LogP contribution in [0.5, 0.6) is 0 Å². The highest BCUT2D eigenvalue weighted by molar-refractivity contribution is 5.00. The van der Waals surface area contributed by atoms with Crippen LogP contribution in [-0.4, -0.2) is 35.7 Å². The van der Waals surface area contributed by atoms with Gasteiger partial charge in [-0.2, -0.15) is 0 Å².